The van der Waals surface area contributed by atoms with E-state index >= 15 is 0 Å². The monoisotopic (exact) mass is 375 g/mol. The number of ether oxygens (including phenoxy) is 1. The van der Waals surface area contributed by atoms with Crippen LogP contribution in [0, 0.1) is 0 Å². The molecule has 1 aromatic carbocycles. The molecular weight excluding hydrogens is 358 g/mol. The lowest BCUT2D eigenvalue weighted by atomic mass is 10.1. The number of rotatable bonds is 6. The van der Waals surface area contributed by atoms with Gasteiger partial charge in [-0.2, -0.15) is 5.10 Å². The molecule has 2 heterocycles. The number of aryl methyl sites for hydroxylation is 1. The highest BCUT2D eigenvalue weighted by Crippen LogP contribution is 2.22. The van der Waals surface area contributed by atoms with Crippen molar-refractivity contribution in [3.05, 3.63) is 58.1 Å². The summed E-state index contributed by atoms with van der Waals surface area (Å²) in [6.45, 7) is 0. The Kier molecular flexibility index (Phi) is 5.26. The van der Waals surface area contributed by atoms with Crippen molar-refractivity contribution < 1.29 is 13.5 Å². The number of hydrogen-bond acceptors (Lipinski definition) is 6. The van der Waals surface area contributed by atoms with Gasteiger partial charge < -0.3 is 10.2 Å². The second-order valence-corrected chi connectivity index (χ2v) is 6.21. The normalized spacial score (nSPS) is 12.1. The van der Waals surface area contributed by atoms with E-state index in [0.717, 1.165) is 11.3 Å². The van der Waals surface area contributed by atoms with Crippen molar-refractivity contribution in [1.82, 2.24) is 19.6 Å². The summed E-state index contributed by atoms with van der Waals surface area (Å²) in [6.07, 6.45) is 2.14. The number of hydrazine groups is 1. The minimum Gasteiger partial charge on any atom is -0.480 e. The molecule has 3 rings (SSSR count). The number of anilines is 1. The predicted octanol–water partition coefficient (Wildman–Crippen LogP) is 0.981. The van der Waals surface area contributed by atoms with Crippen LogP contribution in [0.3, 0.4) is 0 Å². The quantitative estimate of drug-likeness (QED) is 0.434. The summed E-state index contributed by atoms with van der Waals surface area (Å²) < 4.78 is 25.8. The number of aromatic nitrogens is 3. The van der Waals surface area contributed by atoms with E-state index in [1.165, 1.54) is 11.8 Å². The zero-order valence-corrected chi connectivity index (χ0v) is 14.9. The molecule has 1 atom stereocenters. The fourth-order valence-electron chi connectivity index (χ4n) is 2.53. The van der Waals surface area contributed by atoms with Crippen molar-refractivity contribution in [2.75, 3.05) is 12.5 Å². The van der Waals surface area contributed by atoms with E-state index in [2.05, 4.69) is 20.3 Å². The van der Waals surface area contributed by atoms with Crippen LogP contribution in [-0.4, -0.2) is 30.6 Å². The highest BCUT2D eigenvalue weighted by atomic mass is 32.2. The van der Waals surface area contributed by atoms with Crippen molar-refractivity contribution in [3.8, 4) is 5.88 Å². The largest absolute Gasteiger partial charge is 0.480 e. The van der Waals surface area contributed by atoms with Crippen LogP contribution >= 0.6 is 0 Å². The molecule has 0 aliphatic heterocycles. The van der Waals surface area contributed by atoms with Gasteiger partial charge >= 0.3 is 0 Å². The fraction of sp³-hybridized carbons (Fsp3) is 0.188. The van der Waals surface area contributed by atoms with E-state index < -0.39 is 11.3 Å². The Balaban J connectivity index is 1.88. The van der Waals surface area contributed by atoms with Gasteiger partial charge in [-0.25, -0.2) is 13.9 Å². The lowest BCUT2D eigenvalue weighted by Gasteiger charge is -2.09. The van der Waals surface area contributed by atoms with Crippen molar-refractivity contribution in [2.45, 2.75) is 6.42 Å². The number of hydrogen-bond donors (Lipinski definition) is 3. The molecule has 1 unspecified atom stereocenters. The fourth-order valence-corrected chi connectivity index (χ4v) is 2.73. The van der Waals surface area contributed by atoms with Gasteiger partial charge in [0.25, 0.3) is 5.56 Å². The van der Waals surface area contributed by atoms with Crippen LogP contribution in [0.25, 0.3) is 10.8 Å². The molecule has 0 aliphatic rings. The average molecular weight is 375 g/mol. The van der Waals surface area contributed by atoms with Gasteiger partial charge in [-0.15, -0.1) is 4.83 Å². The molecule has 0 radical (unpaired) electrons. The Bertz CT molecular complexity index is 1020. The van der Waals surface area contributed by atoms with Gasteiger partial charge in [-0.1, -0.05) is 12.1 Å². The minimum atomic E-state index is -2.14. The highest BCUT2D eigenvalue weighted by Gasteiger charge is 2.12. The Labute approximate surface area is 151 Å². The topological polar surface area (TPSA) is 118 Å². The molecule has 26 heavy (non-hydrogen) atoms. The van der Waals surface area contributed by atoms with Gasteiger partial charge in [0.15, 0.2) is 0 Å². The number of pyridine rings is 1. The van der Waals surface area contributed by atoms with Crippen molar-refractivity contribution >= 4 is 27.7 Å². The molecule has 0 saturated carbocycles. The maximum absolute atomic E-state index is 12.3. The summed E-state index contributed by atoms with van der Waals surface area (Å²) >= 11 is -2.14. The summed E-state index contributed by atoms with van der Waals surface area (Å²) in [7, 11) is 3.05. The Morgan fingerprint density at radius 2 is 2.04 bits per heavy atom. The molecule has 0 bridgehead atoms. The second kappa shape index (κ2) is 7.60. The molecule has 10 heteroatoms. The summed E-state index contributed by atoms with van der Waals surface area (Å²) in [5.41, 5.74) is 4.71. The van der Waals surface area contributed by atoms with Crippen LogP contribution in [0.5, 0.6) is 5.88 Å². The molecule has 0 spiro atoms. The lowest BCUT2D eigenvalue weighted by Crippen LogP contribution is -2.23. The molecule has 0 aliphatic carbocycles. The molecule has 136 valence electrons. The van der Waals surface area contributed by atoms with E-state index in [1.807, 2.05) is 18.2 Å². The Morgan fingerprint density at radius 1 is 1.31 bits per heavy atom. The molecule has 3 aromatic rings. The molecule has 0 saturated heterocycles. The predicted molar refractivity (Wildman–Crippen MR) is 98.1 cm³/mol. The van der Waals surface area contributed by atoms with Crippen molar-refractivity contribution in [1.29, 1.82) is 0 Å². The average Bonchev–Trinajstić information content (AvgIpc) is 2.63. The van der Waals surface area contributed by atoms with Crippen molar-refractivity contribution in [2.24, 2.45) is 7.05 Å². The third-order valence-electron chi connectivity index (χ3n) is 3.76. The Hall–Kier alpha value is -2.82. The molecule has 2 aromatic heterocycles. The maximum Gasteiger partial charge on any atom is 0.279 e. The number of nitrogens with zero attached hydrogens (tertiary/aromatic N) is 3. The first-order valence-electron chi connectivity index (χ1n) is 7.59. The zero-order chi connectivity index (χ0) is 18.7. The standard InChI is InChI=1S/C16H17N5O4S/c1-21-16(22)14-11(9-17-21)8-13(18-15(14)25-2)7-10-3-5-12(6-4-10)19-20-26(23)24/h3-6,8-9,19-20H,7H2,1-2H3,(H,23,24). The van der Waals surface area contributed by atoms with E-state index in [0.29, 0.717) is 22.9 Å². The van der Waals surface area contributed by atoms with Gasteiger partial charge in [0, 0.05) is 30.2 Å². The first-order chi connectivity index (χ1) is 12.5. The van der Waals surface area contributed by atoms with Gasteiger partial charge in [-0.3, -0.25) is 9.35 Å². The summed E-state index contributed by atoms with van der Waals surface area (Å²) in [4.78, 5) is 18.9. The molecule has 0 amide bonds. The van der Waals surface area contributed by atoms with Crippen LogP contribution < -0.4 is 20.6 Å². The van der Waals surface area contributed by atoms with E-state index in [4.69, 9.17) is 9.29 Å². The smallest absolute Gasteiger partial charge is 0.279 e. The Morgan fingerprint density at radius 3 is 2.69 bits per heavy atom. The van der Waals surface area contributed by atoms with Crippen LogP contribution in [0.2, 0.25) is 0 Å². The summed E-state index contributed by atoms with van der Waals surface area (Å²) in [6, 6.07) is 9.08. The van der Waals surface area contributed by atoms with Crippen LogP contribution in [0.15, 0.2) is 41.3 Å². The molecule has 0 fully saturated rings. The SMILES string of the molecule is COc1nc(Cc2ccc(NNS(=O)O)cc2)cc2cnn(C)c(=O)c12. The first kappa shape index (κ1) is 18.0. The van der Waals surface area contributed by atoms with E-state index in [1.54, 1.807) is 25.4 Å². The van der Waals surface area contributed by atoms with Crippen LogP contribution in [-0.2, 0) is 24.7 Å². The minimum absolute atomic E-state index is 0.261. The number of nitrogens with one attached hydrogen (secondary N) is 2. The van der Waals surface area contributed by atoms with Crippen molar-refractivity contribution in [3.63, 3.8) is 0 Å². The van der Waals surface area contributed by atoms with Gasteiger partial charge in [0.1, 0.15) is 5.39 Å². The third kappa shape index (κ3) is 3.87. The van der Waals surface area contributed by atoms with Gasteiger partial charge in [-0.05, 0) is 23.8 Å². The van der Waals surface area contributed by atoms with Crippen LogP contribution in [0.1, 0.15) is 11.3 Å². The van der Waals surface area contributed by atoms with E-state index in [-0.39, 0.29) is 11.4 Å². The third-order valence-corrected chi connectivity index (χ3v) is 4.04. The molecular formula is C16H17N5O4S. The summed E-state index contributed by atoms with van der Waals surface area (Å²) in [5.74, 6) is 0.272. The number of fused-ring (bicyclic) bond motifs is 1. The maximum atomic E-state index is 12.3. The first-order valence-corrected chi connectivity index (χ1v) is 8.70. The second-order valence-electron chi connectivity index (χ2n) is 5.51. The highest BCUT2D eigenvalue weighted by molar-refractivity contribution is 7.77. The molecule has 9 nitrogen and oxygen atoms in total. The van der Waals surface area contributed by atoms with E-state index in [9.17, 15) is 9.00 Å². The van der Waals surface area contributed by atoms with Gasteiger partial charge in [0.05, 0.1) is 13.3 Å². The number of methoxy groups -OCH3 is 1. The van der Waals surface area contributed by atoms with Gasteiger partial charge in [0.2, 0.25) is 17.1 Å². The molecule has 3 N–H and O–H groups in total. The lowest BCUT2D eigenvalue weighted by molar-refractivity contribution is 0.401. The summed E-state index contributed by atoms with van der Waals surface area (Å²) in [5, 5.41) is 5.11. The number of benzene rings is 1. The zero-order valence-electron chi connectivity index (χ0n) is 14.1. The van der Waals surface area contributed by atoms with Crippen LogP contribution in [0.4, 0.5) is 5.69 Å².